The maximum absolute atomic E-state index is 14.3. The highest BCUT2D eigenvalue weighted by molar-refractivity contribution is 6.04. The number of benzene rings is 3. The molecule has 0 spiro atoms. The Labute approximate surface area is 189 Å². The zero-order valence-corrected chi connectivity index (χ0v) is 18.3. The van der Waals surface area contributed by atoms with Crippen molar-refractivity contribution in [1.82, 2.24) is 4.90 Å². The van der Waals surface area contributed by atoms with Crippen molar-refractivity contribution in [2.75, 3.05) is 26.6 Å². The minimum atomic E-state index is -0.889. The quantitative estimate of drug-likeness (QED) is 0.618. The van der Waals surface area contributed by atoms with E-state index in [0.717, 1.165) is 12.1 Å². The average molecular weight is 452 g/mol. The molecular weight excluding hydrogens is 430 g/mol. The molecule has 0 saturated carbocycles. The van der Waals surface area contributed by atoms with Gasteiger partial charge < -0.3 is 19.7 Å². The second-order valence-corrected chi connectivity index (χ2v) is 7.65. The van der Waals surface area contributed by atoms with Crippen molar-refractivity contribution in [2.24, 2.45) is 0 Å². The van der Waals surface area contributed by atoms with Gasteiger partial charge in [-0.15, -0.1) is 0 Å². The number of likely N-dealkylation sites (N-methyl/N-ethyl adjacent to an activating group) is 1. The molecule has 2 amide bonds. The van der Waals surface area contributed by atoms with Crippen LogP contribution in [0.15, 0.2) is 60.7 Å². The van der Waals surface area contributed by atoms with Crippen LogP contribution in [0.4, 0.5) is 14.5 Å². The first-order valence-electron chi connectivity index (χ1n) is 10.2. The maximum Gasteiger partial charge on any atom is 0.254 e. The minimum Gasteiger partial charge on any atom is -0.493 e. The van der Waals surface area contributed by atoms with Gasteiger partial charge in [0.15, 0.2) is 11.5 Å². The summed E-state index contributed by atoms with van der Waals surface area (Å²) in [5.74, 6) is -2.35. The van der Waals surface area contributed by atoms with E-state index in [1.807, 2.05) is 0 Å². The first kappa shape index (κ1) is 22.3. The summed E-state index contributed by atoms with van der Waals surface area (Å²) in [7, 11) is 4.62. The number of methoxy groups -OCH3 is 2. The number of nitrogens with zero attached hydrogens (tertiary/aromatic N) is 1. The van der Waals surface area contributed by atoms with Crippen molar-refractivity contribution < 1.29 is 27.8 Å². The van der Waals surface area contributed by atoms with Crippen molar-refractivity contribution in [3.63, 3.8) is 0 Å². The van der Waals surface area contributed by atoms with Crippen molar-refractivity contribution in [1.29, 1.82) is 0 Å². The fourth-order valence-corrected chi connectivity index (χ4v) is 4.21. The van der Waals surface area contributed by atoms with E-state index >= 15 is 0 Å². The highest BCUT2D eigenvalue weighted by Gasteiger charge is 2.43. The van der Waals surface area contributed by atoms with Crippen LogP contribution in [0.5, 0.6) is 11.5 Å². The second-order valence-electron chi connectivity index (χ2n) is 7.65. The standard InChI is InChI=1S/C25H22F2N2O4/c1-29-23(14-8-11-20(32-2)21(12-14)33-3)22(16-6-4-5-7-17(16)25(29)31)24(30)28-19-10-9-15(26)13-18(19)27/h4-13,22-23H,1-3H3,(H,28,30)/t22-,23+/m1/s1. The van der Waals surface area contributed by atoms with Crippen LogP contribution in [-0.4, -0.2) is 38.0 Å². The third-order valence-electron chi connectivity index (χ3n) is 5.80. The lowest BCUT2D eigenvalue weighted by atomic mass is 9.79. The lowest BCUT2D eigenvalue weighted by Gasteiger charge is -2.40. The number of nitrogens with one attached hydrogen (secondary N) is 1. The van der Waals surface area contributed by atoms with Crippen LogP contribution in [0.25, 0.3) is 0 Å². The van der Waals surface area contributed by atoms with E-state index in [9.17, 15) is 18.4 Å². The molecule has 1 aliphatic rings. The molecule has 1 N–H and O–H groups in total. The van der Waals surface area contributed by atoms with E-state index in [1.54, 1.807) is 49.5 Å². The number of hydrogen-bond donors (Lipinski definition) is 1. The smallest absolute Gasteiger partial charge is 0.254 e. The lowest BCUT2D eigenvalue weighted by molar-refractivity contribution is -0.119. The molecule has 0 unspecified atom stereocenters. The molecule has 3 aromatic carbocycles. The van der Waals surface area contributed by atoms with Crippen molar-refractivity contribution in [3.05, 3.63) is 89.0 Å². The molecule has 0 aliphatic carbocycles. The third kappa shape index (κ3) is 4.00. The fourth-order valence-electron chi connectivity index (χ4n) is 4.21. The number of carbonyl (C=O) groups excluding carboxylic acids is 2. The number of carbonyl (C=O) groups is 2. The van der Waals surface area contributed by atoms with Gasteiger partial charge in [0.2, 0.25) is 5.91 Å². The van der Waals surface area contributed by atoms with E-state index < -0.39 is 29.5 Å². The first-order chi connectivity index (χ1) is 15.8. The molecule has 0 aromatic heterocycles. The summed E-state index contributed by atoms with van der Waals surface area (Å²) in [5, 5.41) is 2.56. The van der Waals surface area contributed by atoms with Gasteiger partial charge in [0.05, 0.1) is 31.9 Å². The summed E-state index contributed by atoms with van der Waals surface area (Å²) in [6.45, 7) is 0. The van der Waals surface area contributed by atoms with Crippen LogP contribution < -0.4 is 14.8 Å². The van der Waals surface area contributed by atoms with Crippen LogP contribution in [0.1, 0.15) is 33.4 Å². The Bertz CT molecular complexity index is 1230. The zero-order chi connectivity index (χ0) is 23.7. The van der Waals surface area contributed by atoms with Gasteiger partial charge in [-0.05, 0) is 41.5 Å². The highest BCUT2D eigenvalue weighted by atomic mass is 19.1. The number of hydrogen-bond acceptors (Lipinski definition) is 4. The summed E-state index contributed by atoms with van der Waals surface area (Å²) in [6.07, 6.45) is 0. The van der Waals surface area contributed by atoms with Crippen LogP contribution in [0.2, 0.25) is 0 Å². The fraction of sp³-hybridized carbons (Fsp3) is 0.200. The predicted octanol–water partition coefficient (Wildman–Crippen LogP) is 4.53. The van der Waals surface area contributed by atoms with Crippen molar-refractivity contribution >= 4 is 17.5 Å². The molecule has 0 saturated heterocycles. The first-order valence-corrected chi connectivity index (χ1v) is 10.2. The lowest BCUT2D eigenvalue weighted by Crippen LogP contribution is -2.44. The van der Waals surface area contributed by atoms with Crippen LogP contribution in [0.3, 0.4) is 0 Å². The molecule has 4 rings (SSSR count). The van der Waals surface area contributed by atoms with E-state index in [2.05, 4.69) is 5.32 Å². The molecule has 8 heteroatoms. The molecule has 0 bridgehead atoms. The van der Waals surface area contributed by atoms with Gasteiger partial charge in [-0.3, -0.25) is 9.59 Å². The van der Waals surface area contributed by atoms with E-state index in [1.165, 1.54) is 19.1 Å². The Kier molecular flexibility index (Phi) is 6.00. The van der Waals surface area contributed by atoms with Gasteiger partial charge in [0.1, 0.15) is 11.6 Å². The van der Waals surface area contributed by atoms with Crippen LogP contribution in [0, 0.1) is 11.6 Å². The minimum absolute atomic E-state index is 0.149. The largest absolute Gasteiger partial charge is 0.493 e. The number of ether oxygens (including phenoxy) is 2. The highest BCUT2D eigenvalue weighted by Crippen LogP contribution is 2.44. The molecule has 2 atom stereocenters. The second kappa shape index (κ2) is 8.90. The van der Waals surface area contributed by atoms with Crippen LogP contribution in [-0.2, 0) is 4.79 Å². The molecule has 6 nitrogen and oxygen atoms in total. The van der Waals surface area contributed by atoms with Gasteiger partial charge in [-0.25, -0.2) is 8.78 Å². The summed E-state index contributed by atoms with van der Waals surface area (Å²) in [5.41, 5.74) is 1.39. The van der Waals surface area contributed by atoms with Crippen molar-refractivity contribution in [3.8, 4) is 11.5 Å². The Morgan fingerprint density at radius 1 is 0.970 bits per heavy atom. The Morgan fingerprint density at radius 3 is 2.39 bits per heavy atom. The van der Waals surface area contributed by atoms with E-state index in [0.29, 0.717) is 34.3 Å². The van der Waals surface area contributed by atoms with Gasteiger partial charge in [0, 0.05) is 18.7 Å². The maximum atomic E-state index is 14.3. The van der Waals surface area contributed by atoms with Gasteiger partial charge in [0.25, 0.3) is 5.91 Å². The molecular formula is C25H22F2N2O4. The molecule has 0 radical (unpaired) electrons. The summed E-state index contributed by atoms with van der Waals surface area (Å²) in [6, 6.07) is 14.2. The number of anilines is 1. The molecule has 1 heterocycles. The predicted molar refractivity (Wildman–Crippen MR) is 119 cm³/mol. The van der Waals surface area contributed by atoms with Crippen LogP contribution >= 0.6 is 0 Å². The monoisotopic (exact) mass is 452 g/mol. The molecule has 170 valence electrons. The zero-order valence-electron chi connectivity index (χ0n) is 18.3. The topological polar surface area (TPSA) is 67.9 Å². The number of halogens is 2. The van der Waals surface area contributed by atoms with Crippen molar-refractivity contribution in [2.45, 2.75) is 12.0 Å². The Hall–Kier alpha value is -3.94. The van der Waals surface area contributed by atoms with E-state index in [-0.39, 0.29) is 11.6 Å². The molecule has 33 heavy (non-hydrogen) atoms. The average Bonchev–Trinajstić information content (AvgIpc) is 2.82. The normalized spacial score (nSPS) is 17.4. The molecule has 3 aromatic rings. The summed E-state index contributed by atoms with van der Waals surface area (Å²) in [4.78, 5) is 28.1. The summed E-state index contributed by atoms with van der Waals surface area (Å²) < 4.78 is 38.3. The van der Waals surface area contributed by atoms with Gasteiger partial charge in [-0.1, -0.05) is 24.3 Å². The van der Waals surface area contributed by atoms with E-state index in [4.69, 9.17) is 9.47 Å². The SMILES string of the molecule is COc1ccc([C@H]2[C@H](C(=O)Nc3ccc(F)cc3F)c3ccccc3C(=O)N2C)cc1OC. The van der Waals surface area contributed by atoms with Gasteiger partial charge in [-0.2, -0.15) is 0 Å². The summed E-state index contributed by atoms with van der Waals surface area (Å²) >= 11 is 0. The number of rotatable bonds is 5. The molecule has 1 aliphatic heterocycles. The Morgan fingerprint density at radius 2 is 1.70 bits per heavy atom. The number of amides is 2. The Balaban J connectivity index is 1.83. The molecule has 0 fully saturated rings. The number of fused-ring (bicyclic) bond motifs is 1. The third-order valence-corrected chi connectivity index (χ3v) is 5.80. The van der Waals surface area contributed by atoms with Gasteiger partial charge >= 0.3 is 0 Å².